The van der Waals surface area contributed by atoms with E-state index in [0.29, 0.717) is 48.8 Å². The van der Waals surface area contributed by atoms with E-state index in [0.717, 1.165) is 17.8 Å². The average Bonchev–Trinajstić information content (AvgIpc) is 3.33. The number of nitrogens with zero attached hydrogens (tertiary/aromatic N) is 5. The number of piperazine rings is 1. The zero-order valence-corrected chi connectivity index (χ0v) is 21.3. The Bertz CT molecular complexity index is 1480. The lowest BCUT2D eigenvalue weighted by Crippen LogP contribution is -2.49. The number of anilines is 1. The fraction of sp³-hybridized carbons (Fsp3) is 0.321. The highest BCUT2D eigenvalue weighted by atomic mass is 19.4. The molecule has 1 aliphatic heterocycles. The predicted octanol–water partition coefficient (Wildman–Crippen LogP) is 5.81. The van der Waals surface area contributed by atoms with Crippen LogP contribution in [0.5, 0.6) is 0 Å². The molecule has 0 radical (unpaired) electrons. The van der Waals surface area contributed by atoms with Gasteiger partial charge in [0.25, 0.3) is 5.91 Å². The minimum atomic E-state index is -4.42. The van der Waals surface area contributed by atoms with Crippen LogP contribution in [0.3, 0.4) is 0 Å². The van der Waals surface area contributed by atoms with E-state index < -0.39 is 11.7 Å². The van der Waals surface area contributed by atoms with Gasteiger partial charge < -0.3 is 9.80 Å². The Kier molecular flexibility index (Phi) is 6.36. The van der Waals surface area contributed by atoms with Crippen LogP contribution in [0, 0.1) is 5.82 Å². The Labute approximate surface area is 217 Å². The first-order chi connectivity index (χ1) is 17.9. The molecule has 10 heteroatoms. The number of benzene rings is 2. The molecule has 0 spiro atoms. The van der Waals surface area contributed by atoms with Gasteiger partial charge in [-0.3, -0.25) is 4.79 Å². The first kappa shape index (κ1) is 25.7. The summed E-state index contributed by atoms with van der Waals surface area (Å²) in [6, 6.07) is 14.7. The summed E-state index contributed by atoms with van der Waals surface area (Å²) in [7, 11) is 0. The highest BCUT2D eigenvalue weighted by molar-refractivity contribution is 5.94. The zero-order chi connectivity index (χ0) is 27.2. The molecule has 198 valence electrons. The van der Waals surface area contributed by atoms with Gasteiger partial charge in [-0.2, -0.15) is 18.3 Å². The van der Waals surface area contributed by atoms with Crippen molar-refractivity contribution in [2.45, 2.75) is 32.4 Å². The summed E-state index contributed by atoms with van der Waals surface area (Å²) >= 11 is 0. The van der Waals surface area contributed by atoms with Crippen LogP contribution in [0.2, 0.25) is 0 Å². The molecule has 1 amide bonds. The maximum absolute atomic E-state index is 13.6. The average molecular weight is 526 g/mol. The van der Waals surface area contributed by atoms with Gasteiger partial charge in [0.2, 0.25) is 0 Å². The minimum absolute atomic E-state index is 0.227. The van der Waals surface area contributed by atoms with Crippen LogP contribution < -0.4 is 4.90 Å². The van der Waals surface area contributed by atoms with E-state index in [-0.39, 0.29) is 22.8 Å². The van der Waals surface area contributed by atoms with E-state index in [1.165, 1.54) is 18.2 Å². The van der Waals surface area contributed by atoms with Crippen LogP contribution in [-0.4, -0.2) is 51.6 Å². The lowest BCUT2D eigenvalue weighted by Gasteiger charge is -2.36. The molecule has 0 bridgehead atoms. The van der Waals surface area contributed by atoms with Crippen molar-refractivity contribution in [3.05, 3.63) is 83.4 Å². The first-order valence-electron chi connectivity index (χ1n) is 12.3. The number of carbonyl (C=O) groups excluding carboxylic acids is 1. The van der Waals surface area contributed by atoms with Gasteiger partial charge in [-0.25, -0.2) is 13.9 Å². The Hall–Kier alpha value is -3.95. The Morgan fingerprint density at radius 3 is 2.21 bits per heavy atom. The van der Waals surface area contributed by atoms with Crippen molar-refractivity contribution in [1.29, 1.82) is 0 Å². The summed E-state index contributed by atoms with van der Waals surface area (Å²) in [6.07, 6.45) is -4.42. The molecule has 0 unspecified atom stereocenters. The second-order valence-corrected chi connectivity index (χ2v) is 10.4. The summed E-state index contributed by atoms with van der Waals surface area (Å²) < 4.78 is 54.7. The lowest BCUT2D eigenvalue weighted by molar-refractivity contribution is -0.137. The summed E-state index contributed by atoms with van der Waals surface area (Å²) in [5.41, 5.74) is 2.34. The largest absolute Gasteiger partial charge is 0.416 e. The van der Waals surface area contributed by atoms with Crippen LogP contribution >= 0.6 is 0 Å². The quantitative estimate of drug-likeness (QED) is 0.317. The molecule has 0 aliphatic carbocycles. The number of fused-ring (bicyclic) bond motifs is 1. The maximum atomic E-state index is 13.6. The number of halogens is 4. The van der Waals surface area contributed by atoms with Crippen LogP contribution in [-0.2, 0) is 11.6 Å². The molecule has 0 saturated carbocycles. The molecule has 5 rings (SSSR count). The normalized spacial score (nSPS) is 14.8. The van der Waals surface area contributed by atoms with Crippen molar-refractivity contribution < 1.29 is 22.4 Å². The molecule has 4 aromatic rings. The van der Waals surface area contributed by atoms with Crippen molar-refractivity contribution in [3.63, 3.8) is 0 Å². The zero-order valence-electron chi connectivity index (χ0n) is 21.3. The standard InChI is InChI=1S/C28H27F4N5O/c1-27(2,3)24-17-25-33-22(16-23(37(25)34-24)18-7-9-20(29)10-8-18)26(38)36-13-11-35(12-14-36)21-6-4-5-19(15-21)28(30,31)32/h4-10,15-17H,11-14H2,1-3H3. The monoisotopic (exact) mass is 525 g/mol. The summed E-state index contributed by atoms with van der Waals surface area (Å²) in [6.45, 7) is 7.54. The van der Waals surface area contributed by atoms with Crippen LogP contribution in [0.15, 0.2) is 60.7 Å². The van der Waals surface area contributed by atoms with Crippen molar-refractivity contribution >= 4 is 17.2 Å². The third-order valence-electron chi connectivity index (χ3n) is 6.66. The maximum Gasteiger partial charge on any atom is 0.416 e. The number of hydrogen-bond donors (Lipinski definition) is 0. The van der Waals surface area contributed by atoms with Gasteiger partial charge in [-0.15, -0.1) is 0 Å². The van der Waals surface area contributed by atoms with E-state index >= 15 is 0 Å². The molecule has 1 saturated heterocycles. The van der Waals surface area contributed by atoms with Gasteiger partial charge in [-0.1, -0.05) is 26.8 Å². The van der Waals surface area contributed by atoms with Gasteiger partial charge in [0.15, 0.2) is 5.65 Å². The van der Waals surface area contributed by atoms with Crippen molar-refractivity contribution in [3.8, 4) is 11.3 Å². The van der Waals surface area contributed by atoms with Gasteiger partial charge in [0.05, 0.1) is 17.0 Å². The fourth-order valence-corrected chi connectivity index (χ4v) is 4.49. The predicted molar refractivity (Wildman–Crippen MR) is 137 cm³/mol. The van der Waals surface area contributed by atoms with Gasteiger partial charge in [0.1, 0.15) is 11.5 Å². The molecule has 2 aromatic carbocycles. The van der Waals surface area contributed by atoms with Gasteiger partial charge in [-0.05, 0) is 48.5 Å². The van der Waals surface area contributed by atoms with Crippen LogP contribution in [0.4, 0.5) is 23.2 Å². The summed E-state index contributed by atoms with van der Waals surface area (Å²) in [5.74, 6) is -0.650. The van der Waals surface area contributed by atoms with E-state index in [2.05, 4.69) is 4.98 Å². The van der Waals surface area contributed by atoms with Gasteiger partial charge in [0, 0.05) is 48.9 Å². The second-order valence-electron chi connectivity index (χ2n) is 10.4. The smallest absolute Gasteiger partial charge is 0.368 e. The van der Waals surface area contributed by atoms with E-state index in [1.54, 1.807) is 33.7 Å². The van der Waals surface area contributed by atoms with Gasteiger partial charge >= 0.3 is 6.18 Å². The highest BCUT2D eigenvalue weighted by Crippen LogP contribution is 2.32. The molecular formula is C28H27F4N5O. The molecule has 1 fully saturated rings. The lowest BCUT2D eigenvalue weighted by atomic mass is 9.93. The number of hydrogen-bond acceptors (Lipinski definition) is 4. The number of carbonyl (C=O) groups is 1. The first-order valence-corrected chi connectivity index (χ1v) is 12.3. The summed E-state index contributed by atoms with van der Waals surface area (Å²) in [5, 5.41) is 4.71. The molecule has 2 aromatic heterocycles. The van der Waals surface area contributed by atoms with Crippen molar-refractivity contribution in [2.75, 3.05) is 31.1 Å². The SMILES string of the molecule is CC(C)(C)c1cc2nc(C(=O)N3CCN(c4cccc(C(F)(F)F)c4)CC3)cc(-c3ccc(F)cc3)n2n1. The van der Waals surface area contributed by atoms with Crippen LogP contribution in [0.25, 0.3) is 16.9 Å². The molecule has 3 heterocycles. The molecular weight excluding hydrogens is 498 g/mol. The molecule has 0 atom stereocenters. The van der Waals surface area contributed by atoms with Crippen molar-refractivity contribution in [1.82, 2.24) is 19.5 Å². The molecule has 6 nitrogen and oxygen atoms in total. The van der Waals surface area contributed by atoms with Crippen LogP contribution in [0.1, 0.15) is 42.5 Å². The molecule has 38 heavy (non-hydrogen) atoms. The van der Waals surface area contributed by atoms with Crippen molar-refractivity contribution in [2.24, 2.45) is 0 Å². The van der Waals surface area contributed by atoms with E-state index in [4.69, 9.17) is 5.10 Å². The Balaban J connectivity index is 1.43. The minimum Gasteiger partial charge on any atom is -0.368 e. The number of aromatic nitrogens is 3. The number of alkyl halides is 3. The number of amides is 1. The topological polar surface area (TPSA) is 53.7 Å². The Morgan fingerprint density at radius 1 is 0.895 bits per heavy atom. The van der Waals surface area contributed by atoms with E-state index in [9.17, 15) is 22.4 Å². The molecule has 1 aliphatic rings. The molecule has 0 N–H and O–H groups in total. The third-order valence-corrected chi connectivity index (χ3v) is 6.66. The Morgan fingerprint density at radius 2 is 1.58 bits per heavy atom. The van der Waals surface area contributed by atoms with E-state index in [1.807, 2.05) is 31.7 Å². The number of rotatable bonds is 3. The second kappa shape index (κ2) is 9.41. The highest BCUT2D eigenvalue weighted by Gasteiger charge is 2.31. The third kappa shape index (κ3) is 5.07. The summed E-state index contributed by atoms with van der Waals surface area (Å²) in [4.78, 5) is 21.6. The fourth-order valence-electron chi connectivity index (χ4n) is 4.49.